The van der Waals surface area contributed by atoms with Crippen LogP contribution in [0.4, 0.5) is 0 Å². The van der Waals surface area contributed by atoms with Crippen molar-refractivity contribution in [3.63, 3.8) is 0 Å². The lowest BCUT2D eigenvalue weighted by Gasteiger charge is -2.31. The van der Waals surface area contributed by atoms with Crippen molar-refractivity contribution in [2.24, 2.45) is 5.92 Å². The summed E-state index contributed by atoms with van der Waals surface area (Å²) in [6, 6.07) is 7.92. The van der Waals surface area contributed by atoms with E-state index in [2.05, 4.69) is 18.3 Å². The summed E-state index contributed by atoms with van der Waals surface area (Å²) in [7, 11) is 0. The predicted octanol–water partition coefficient (Wildman–Crippen LogP) is 3.39. The van der Waals surface area contributed by atoms with Gasteiger partial charge in [-0.05, 0) is 42.7 Å². The first-order chi connectivity index (χ1) is 10.3. The highest BCUT2D eigenvalue weighted by Gasteiger charge is 2.30. The van der Waals surface area contributed by atoms with Crippen molar-refractivity contribution in [3.8, 4) is 0 Å². The number of fused-ring (bicyclic) bond motifs is 1. The molecule has 0 saturated heterocycles. The maximum Gasteiger partial charge on any atom is 0.328 e. The molecule has 3 heteroatoms. The lowest BCUT2D eigenvalue weighted by Crippen LogP contribution is -2.38. The van der Waals surface area contributed by atoms with E-state index in [0.29, 0.717) is 0 Å². The molecule has 3 atom stereocenters. The van der Waals surface area contributed by atoms with Gasteiger partial charge in [-0.3, -0.25) is 0 Å². The summed E-state index contributed by atoms with van der Waals surface area (Å²) in [5.41, 5.74) is 2.37. The number of hydrogen-bond acceptors (Lipinski definition) is 3. The molecule has 0 aromatic heterocycles. The molecule has 1 fully saturated rings. The Morgan fingerprint density at radius 2 is 2.19 bits per heavy atom. The van der Waals surface area contributed by atoms with Gasteiger partial charge in [0.25, 0.3) is 0 Å². The first-order valence-corrected chi connectivity index (χ1v) is 8.29. The SMILES string of the molecule is CCC1CCCC(OC(=O)C2NCCc3ccccc32)C1. The van der Waals surface area contributed by atoms with Crippen LogP contribution in [0.1, 0.15) is 56.2 Å². The Morgan fingerprint density at radius 1 is 1.33 bits per heavy atom. The van der Waals surface area contributed by atoms with Crippen molar-refractivity contribution in [1.29, 1.82) is 0 Å². The normalized spacial score (nSPS) is 28.7. The van der Waals surface area contributed by atoms with E-state index in [1.54, 1.807) is 0 Å². The van der Waals surface area contributed by atoms with E-state index in [-0.39, 0.29) is 18.1 Å². The van der Waals surface area contributed by atoms with Crippen LogP contribution in [-0.2, 0) is 16.0 Å². The molecule has 21 heavy (non-hydrogen) atoms. The molecule has 1 aromatic rings. The van der Waals surface area contributed by atoms with Crippen LogP contribution in [-0.4, -0.2) is 18.6 Å². The summed E-state index contributed by atoms with van der Waals surface area (Å²) >= 11 is 0. The van der Waals surface area contributed by atoms with Crippen molar-refractivity contribution >= 4 is 5.97 Å². The maximum absolute atomic E-state index is 12.5. The molecule has 1 saturated carbocycles. The highest BCUT2D eigenvalue weighted by Crippen LogP contribution is 2.30. The number of benzene rings is 1. The van der Waals surface area contributed by atoms with Crippen LogP contribution in [0.2, 0.25) is 0 Å². The monoisotopic (exact) mass is 287 g/mol. The van der Waals surface area contributed by atoms with Gasteiger partial charge in [0.05, 0.1) is 0 Å². The van der Waals surface area contributed by atoms with Crippen molar-refractivity contribution in [1.82, 2.24) is 5.32 Å². The molecule has 1 aromatic carbocycles. The van der Waals surface area contributed by atoms with Gasteiger partial charge in [-0.2, -0.15) is 0 Å². The van der Waals surface area contributed by atoms with Gasteiger partial charge >= 0.3 is 5.97 Å². The molecule has 114 valence electrons. The molecular weight excluding hydrogens is 262 g/mol. The number of carbonyl (C=O) groups is 1. The number of ether oxygens (including phenoxy) is 1. The molecular formula is C18H25NO2. The van der Waals surface area contributed by atoms with Crippen LogP contribution in [0.25, 0.3) is 0 Å². The summed E-state index contributed by atoms with van der Waals surface area (Å²) in [5.74, 6) is 0.632. The van der Waals surface area contributed by atoms with E-state index < -0.39 is 0 Å². The zero-order valence-corrected chi connectivity index (χ0v) is 12.8. The number of nitrogens with one attached hydrogen (secondary N) is 1. The van der Waals surface area contributed by atoms with Crippen molar-refractivity contribution in [2.45, 2.75) is 57.6 Å². The van der Waals surface area contributed by atoms with Gasteiger partial charge in [-0.25, -0.2) is 4.79 Å². The van der Waals surface area contributed by atoms with E-state index in [1.807, 2.05) is 18.2 Å². The minimum absolute atomic E-state index is 0.0936. The average molecular weight is 287 g/mol. The van der Waals surface area contributed by atoms with Crippen LogP contribution in [0.3, 0.4) is 0 Å². The van der Waals surface area contributed by atoms with Crippen molar-refractivity contribution < 1.29 is 9.53 Å². The molecule has 0 bridgehead atoms. The van der Waals surface area contributed by atoms with Crippen LogP contribution in [0.15, 0.2) is 24.3 Å². The number of esters is 1. The van der Waals surface area contributed by atoms with E-state index in [1.165, 1.54) is 24.8 Å². The molecule has 3 unspecified atom stereocenters. The minimum Gasteiger partial charge on any atom is -0.461 e. The summed E-state index contributed by atoms with van der Waals surface area (Å²) in [5, 5.41) is 3.32. The Kier molecular flexibility index (Phi) is 4.59. The Balaban J connectivity index is 1.66. The Morgan fingerprint density at radius 3 is 3.05 bits per heavy atom. The number of rotatable bonds is 3. The van der Waals surface area contributed by atoms with Gasteiger partial charge < -0.3 is 10.1 Å². The molecule has 3 nitrogen and oxygen atoms in total. The second-order valence-electron chi connectivity index (χ2n) is 6.34. The van der Waals surface area contributed by atoms with Gasteiger partial charge in [-0.1, -0.05) is 44.0 Å². The zero-order chi connectivity index (χ0) is 14.7. The second kappa shape index (κ2) is 6.61. The first-order valence-electron chi connectivity index (χ1n) is 8.29. The van der Waals surface area contributed by atoms with Gasteiger partial charge in [0.15, 0.2) is 0 Å². The zero-order valence-electron chi connectivity index (χ0n) is 12.8. The van der Waals surface area contributed by atoms with Gasteiger partial charge in [-0.15, -0.1) is 0 Å². The van der Waals surface area contributed by atoms with Crippen LogP contribution < -0.4 is 5.32 Å². The van der Waals surface area contributed by atoms with E-state index in [4.69, 9.17) is 4.74 Å². The third-order valence-electron chi connectivity index (χ3n) is 4.94. The minimum atomic E-state index is -0.281. The third-order valence-corrected chi connectivity index (χ3v) is 4.94. The fourth-order valence-corrected chi connectivity index (χ4v) is 3.67. The predicted molar refractivity (Wildman–Crippen MR) is 83.0 cm³/mol. The van der Waals surface area contributed by atoms with Gasteiger partial charge in [0.1, 0.15) is 12.1 Å². The molecule has 1 aliphatic carbocycles. The highest BCUT2D eigenvalue weighted by molar-refractivity contribution is 5.78. The summed E-state index contributed by atoms with van der Waals surface area (Å²) in [6.45, 7) is 3.08. The highest BCUT2D eigenvalue weighted by atomic mass is 16.5. The third kappa shape index (κ3) is 3.29. The number of hydrogen-bond donors (Lipinski definition) is 1. The Bertz CT molecular complexity index is 500. The summed E-state index contributed by atoms with van der Waals surface area (Å²) < 4.78 is 5.82. The van der Waals surface area contributed by atoms with Crippen LogP contribution in [0, 0.1) is 5.92 Å². The summed E-state index contributed by atoms with van der Waals surface area (Å²) in [4.78, 5) is 12.5. The topological polar surface area (TPSA) is 38.3 Å². The Labute approximate surface area is 127 Å². The molecule has 0 spiro atoms. The lowest BCUT2D eigenvalue weighted by molar-refractivity contribution is -0.154. The standard InChI is InChI=1S/C18H25NO2/c1-2-13-6-5-8-15(12-13)21-18(20)17-16-9-4-3-7-14(16)10-11-19-17/h3-4,7,9,13,15,17,19H,2,5-6,8,10-12H2,1H3. The summed E-state index contributed by atoms with van der Waals surface area (Å²) in [6.07, 6.45) is 6.83. The van der Waals surface area contributed by atoms with E-state index >= 15 is 0 Å². The van der Waals surface area contributed by atoms with Crippen LogP contribution >= 0.6 is 0 Å². The number of carbonyl (C=O) groups excluding carboxylic acids is 1. The van der Waals surface area contributed by atoms with Crippen molar-refractivity contribution in [3.05, 3.63) is 35.4 Å². The van der Waals surface area contributed by atoms with Gasteiger partial charge in [0.2, 0.25) is 0 Å². The second-order valence-corrected chi connectivity index (χ2v) is 6.34. The molecule has 0 radical (unpaired) electrons. The van der Waals surface area contributed by atoms with E-state index in [0.717, 1.165) is 37.3 Å². The fourth-order valence-electron chi connectivity index (χ4n) is 3.67. The Hall–Kier alpha value is -1.35. The van der Waals surface area contributed by atoms with E-state index in [9.17, 15) is 4.79 Å². The van der Waals surface area contributed by atoms with Crippen molar-refractivity contribution in [2.75, 3.05) is 6.54 Å². The average Bonchev–Trinajstić information content (AvgIpc) is 2.54. The maximum atomic E-state index is 12.5. The lowest BCUT2D eigenvalue weighted by atomic mass is 9.85. The molecule has 3 rings (SSSR count). The molecule has 1 aliphatic heterocycles. The largest absolute Gasteiger partial charge is 0.461 e. The van der Waals surface area contributed by atoms with Gasteiger partial charge in [0, 0.05) is 6.54 Å². The quantitative estimate of drug-likeness (QED) is 0.866. The smallest absolute Gasteiger partial charge is 0.328 e. The molecule has 2 aliphatic rings. The molecule has 1 heterocycles. The first kappa shape index (κ1) is 14.6. The molecule has 0 amide bonds. The molecule has 1 N–H and O–H groups in total. The van der Waals surface area contributed by atoms with Crippen LogP contribution in [0.5, 0.6) is 0 Å². The fraction of sp³-hybridized carbons (Fsp3) is 0.611.